The summed E-state index contributed by atoms with van der Waals surface area (Å²) in [7, 11) is 0. The molecular weight excluding hydrogens is 729 g/mol. The fourth-order valence-corrected chi connectivity index (χ4v) is 11.9. The molecule has 0 spiro atoms. The van der Waals surface area contributed by atoms with E-state index in [1.807, 2.05) is 46.1 Å². The Kier molecular flexibility index (Phi) is 6.84. The van der Waals surface area contributed by atoms with Crippen LogP contribution in [0.2, 0.25) is 0 Å². The van der Waals surface area contributed by atoms with E-state index in [-0.39, 0.29) is 0 Å². The van der Waals surface area contributed by atoms with Gasteiger partial charge in [-0.2, -0.15) is 0 Å². The highest BCUT2D eigenvalue weighted by Gasteiger charge is 2.24. The number of hydrogen-bond acceptors (Lipinski definition) is 6. The van der Waals surface area contributed by atoms with Crippen LogP contribution in [0.1, 0.15) is 0 Å². The van der Waals surface area contributed by atoms with Gasteiger partial charge in [-0.3, -0.25) is 0 Å². The molecule has 0 fully saturated rings. The maximum Gasteiger partial charge on any atom is 0.137 e. The summed E-state index contributed by atoms with van der Waals surface area (Å²) < 4.78 is 12.8. The van der Waals surface area contributed by atoms with Crippen molar-refractivity contribution in [2.24, 2.45) is 0 Å². The Morgan fingerprint density at radius 1 is 0.436 bits per heavy atom. The predicted molar refractivity (Wildman–Crippen MR) is 238 cm³/mol. The first-order valence-corrected chi connectivity index (χ1v) is 20.7. The van der Waals surface area contributed by atoms with Crippen LogP contribution in [0.25, 0.3) is 94.2 Å². The molecule has 8 aromatic carbocycles. The topological polar surface area (TPSA) is 29.3 Å². The van der Waals surface area contributed by atoms with Gasteiger partial charge in [0.2, 0.25) is 0 Å². The summed E-state index contributed by atoms with van der Waals surface area (Å²) in [6, 6.07) is 60.9. The highest BCUT2D eigenvalue weighted by atomic mass is 32.1. The molecule has 6 heteroatoms. The van der Waals surface area contributed by atoms with E-state index in [4.69, 9.17) is 9.40 Å². The Balaban J connectivity index is 1.12. The van der Waals surface area contributed by atoms with Crippen LogP contribution in [0.3, 0.4) is 0 Å². The van der Waals surface area contributed by atoms with Gasteiger partial charge in [-0.1, -0.05) is 115 Å². The molecule has 0 aliphatic rings. The van der Waals surface area contributed by atoms with Gasteiger partial charge in [0.1, 0.15) is 16.2 Å². The lowest BCUT2D eigenvalue weighted by molar-refractivity contribution is 0.669. The Labute approximate surface area is 327 Å². The standard InChI is InChI=1S/C49H28N2OS3/c1-2-11-29(12-3-1)30-21-23-31(24-22-30)51(32-25-26-34-33-13-4-7-18-41(33)52-42(34)27-32)40-28-39-47(45-37-15-6-9-20-44(37)54-48(40)45)55-49(50-39)38-17-10-16-36-35-14-5-8-19-43(35)53-46(36)38/h1-28H. The smallest absolute Gasteiger partial charge is 0.137 e. The summed E-state index contributed by atoms with van der Waals surface area (Å²) in [5.41, 5.74) is 9.53. The van der Waals surface area contributed by atoms with Crippen molar-refractivity contribution in [2.45, 2.75) is 0 Å². The van der Waals surface area contributed by atoms with E-state index < -0.39 is 0 Å². The molecule has 0 bridgehead atoms. The number of hydrogen-bond donors (Lipinski definition) is 0. The number of anilines is 3. The van der Waals surface area contributed by atoms with Crippen LogP contribution >= 0.6 is 34.0 Å². The largest absolute Gasteiger partial charge is 0.456 e. The first-order chi connectivity index (χ1) is 27.2. The summed E-state index contributed by atoms with van der Waals surface area (Å²) >= 11 is 5.52. The molecule has 12 rings (SSSR count). The summed E-state index contributed by atoms with van der Waals surface area (Å²) in [4.78, 5) is 7.88. The minimum absolute atomic E-state index is 0.866. The Morgan fingerprint density at radius 3 is 1.95 bits per heavy atom. The van der Waals surface area contributed by atoms with Gasteiger partial charge in [-0.25, -0.2) is 4.98 Å². The number of aromatic nitrogens is 1. The Hall–Kier alpha value is -6.31. The van der Waals surface area contributed by atoms with Crippen LogP contribution in [0.4, 0.5) is 17.1 Å². The molecule has 258 valence electrons. The summed E-state index contributed by atoms with van der Waals surface area (Å²) in [6.07, 6.45) is 0. The summed E-state index contributed by atoms with van der Waals surface area (Å²) in [6.45, 7) is 0. The molecule has 0 saturated carbocycles. The van der Waals surface area contributed by atoms with Gasteiger partial charge in [0.25, 0.3) is 0 Å². The Bertz CT molecular complexity index is 3440. The van der Waals surface area contributed by atoms with Gasteiger partial charge in [-0.05, 0) is 59.7 Å². The van der Waals surface area contributed by atoms with Crippen LogP contribution < -0.4 is 4.90 Å². The molecule has 0 aliphatic heterocycles. The molecule has 55 heavy (non-hydrogen) atoms. The van der Waals surface area contributed by atoms with Crippen LogP contribution in [0, 0.1) is 0 Å². The third-order valence-electron chi connectivity index (χ3n) is 10.7. The van der Waals surface area contributed by atoms with Gasteiger partial charge >= 0.3 is 0 Å². The van der Waals surface area contributed by atoms with Crippen molar-refractivity contribution in [1.29, 1.82) is 0 Å². The second-order valence-electron chi connectivity index (χ2n) is 13.9. The van der Waals surface area contributed by atoms with E-state index >= 15 is 0 Å². The number of thiophene rings is 2. The average molecular weight is 757 g/mol. The molecule has 12 aromatic rings. The number of fused-ring (bicyclic) bond motifs is 11. The molecule has 0 aliphatic carbocycles. The molecule has 0 unspecified atom stereocenters. The van der Waals surface area contributed by atoms with E-state index in [1.165, 1.54) is 61.7 Å². The average Bonchev–Trinajstić information content (AvgIpc) is 4.02. The number of thiazole rings is 1. The van der Waals surface area contributed by atoms with Crippen molar-refractivity contribution < 1.29 is 4.42 Å². The monoisotopic (exact) mass is 756 g/mol. The van der Waals surface area contributed by atoms with Crippen molar-refractivity contribution >= 4 is 124 Å². The predicted octanol–water partition coefficient (Wildman–Crippen LogP) is 15.7. The molecular formula is C49H28N2OS3. The zero-order chi connectivity index (χ0) is 36.0. The highest BCUT2D eigenvalue weighted by Crippen LogP contribution is 2.51. The number of rotatable bonds is 5. The molecule has 0 radical (unpaired) electrons. The lowest BCUT2D eigenvalue weighted by Crippen LogP contribution is -2.10. The van der Waals surface area contributed by atoms with Crippen molar-refractivity contribution in [2.75, 3.05) is 4.90 Å². The number of benzene rings is 8. The van der Waals surface area contributed by atoms with E-state index in [1.54, 1.807) is 0 Å². The van der Waals surface area contributed by atoms with Gasteiger partial charge in [-0.15, -0.1) is 34.0 Å². The zero-order valence-corrected chi connectivity index (χ0v) is 31.6. The van der Waals surface area contributed by atoms with E-state index in [0.29, 0.717) is 0 Å². The molecule has 0 N–H and O–H groups in total. The number of para-hydroxylation sites is 1. The highest BCUT2D eigenvalue weighted by molar-refractivity contribution is 7.29. The normalized spacial score (nSPS) is 12.0. The van der Waals surface area contributed by atoms with E-state index in [9.17, 15) is 0 Å². The summed E-state index contributed by atoms with van der Waals surface area (Å²) in [5, 5.41) is 8.39. The second kappa shape index (κ2) is 12.1. The van der Waals surface area contributed by atoms with Crippen molar-refractivity contribution in [3.8, 4) is 21.7 Å². The van der Waals surface area contributed by atoms with E-state index in [2.05, 4.69) is 163 Å². The van der Waals surface area contributed by atoms with Crippen LogP contribution in [-0.4, -0.2) is 4.98 Å². The van der Waals surface area contributed by atoms with Gasteiger partial charge in [0.15, 0.2) is 0 Å². The Morgan fingerprint density at radius 2 is 1.09 bits per heavy atom. The van der Waals surface area contributed by atoms with Gasteiger partial charge in [0.05, 0.1) is 20.6 Å². The lowest BCUT2D eigenvalue weighted by atomic mass is 10.0. The van der Waals surface area contributed by atoms with Crippen molar-refractivity contribution in [1.82, 2.24) is 4.98 Å². The van der Waals surface area contributed by atoms with Crippen LogP contribution in [0.5, 0.6) is 0 Å². The second-order valence-corrected chi connectivity index (χ2v) is 17.0. The maximum atomic E-state index is 6.47. The van der Waals surface area contributed by atoms with Gasteiger partial charge in [0, 0.05) is 69.4 Å². The SMILES string of the molecule is c1ccc(-c2ccc(N(c3ccc4c(c3)oc3ccccc34)c3cc4nc(-c5cccc6c5sc5ccccc56)sc4c4c3sc3ccccc34)cc2)cc1. The quantitative estimate of drug-likeness (QED) is 0.175. The molecule has 4 heterocycles. The first-order valence-electron chi connectivity index (χ1n) is 18.3. The van der Waals surface area contributed by atoms with Crippen LogP contribution in [0.15, 0.2) is 174 Å². The van der Waals surface area contributed by atoms with E-state index in [0.717, 1.165) is 49.5 Å². The number of nitrogens with zero attached hydrogens (tertiary/aromatic N) is 2. The zero-order valence-electron chi connectivity index (χ0n) is 29.2. The lowest BCUT2D eigenvalue weighted by Gasteiger charge is -2.26. The third-order valence-corrected chi connectivity index (χ3v) is 14.2. The fourth-order valence-electron chi connectivity index (χ4n) is 8.17. The van der Waals surface area contributed by atoms with Crippen molar-refractivity contribution in [3.05, 3.63) is 170 Å². The fraction of sp³-hybridized carbons (Fsp3) is 0. The molecule has 0 saturated heterocycles. The molecule has 0 atom stereocenters. The third kappa shape index (κ3) is 4.82. The van der Waals surface area contributed by atoms with Crippen molar-refractivity contribution in [3.63, 3.8) is 0 Å². The maximum absolute atomic E-state index is 6.47. The minimum atomic E-state index is 0.866. The molecule has 0 amide bonds. The minimum Gasteiger partial charge on any atom is -0.456 e. The molecule has 3 nitrogen and oxygen atoms in total. The van der Waals surface area contributed by atoms with Gasteiger partial charge < -0.3 is 9.32 Å². The molecule has 4 aromatic heterocycles. The first kappa shape index (κ1) is 31.1. The van der Waals surface area contributed by atoms with Crippen LogP contribution in [-0.2, 0) is 0 Å². The number of furan rings is 1. The summed E-state index contributed by atoms with van der Waals surface area (Å²) in [5.74, 6) is 0.